The molecule has 27 heavy (non-hydrogen) atoms. The van der Waals surface area contributed by atoms with E-state index in [0.29, 0.717) is 24.4 Å². The van der Waals surface area contributed by atoms with Crippen LogP contribution in [0, 0.1) is 0 Å². The van der Waals surface area contributed by atoms with E-state index in [0.717, 1.165) is 11.4 Å². The highest BCUT2D eigenvalue weighted by Gasteiger charge is 2.36. The third kappa shape index (κ3) is 2.88. The zero-order chi connectivity index (χ0) is 19.0. The molecule has 0 aliphatic carbocycles. The summed E-state index contributed by atoms with van der Waals surface area (Å²) < 4.78 is 6.66. The Labute approximate surface area is 156 Å². The van der Waals surface area contributed by atoms with Crippen LogP contribution in [0.25, 0.3) is 5.65 Å². The van der Waals surface area contributed by atoms with Crippen LogP contribution in [0.4, 0.5) is 5.69 Å². The molecule has 8 nitrogen and oxygen atoms in total. The summed E-state index contributed by atoms with van der Waals surface area (Å²) in [5.41, 5.74) is 1.78. The number of methoxy groups -OCH3 is 1. The second kappa shape index (κ2) is 6.71. The highest BCUT2D eigenvalue weighted by Crippen LogP contribution is 2.24. The Morgan fingerprint density at radius 2 is 1.93 bits per heavy atom. The first-order valence-corrected chi connectivity index (χ1v) is 8.65. The molecule has 1 aliphatic heterocycles. The number of fused-ring (bicyclic) bond motifs is 1. The van der Waals surface area contributed by atoms with Crippen LogP contribution >= 0.6 is 0 Å². The average Bonchev–Trinajstić information content (AvgIpc) is 3.18. The van der Waals surface area contributed by atoms with Crippen molar-refractivity contribution in [2.24, 2.45) is 0 Å². The van der Waals surface area contributed by atoms with Crippen molar-refractivity contribution < 1.29 is 14.3 Å². The number of carbonyl (C=O) groups excluding carboxylic acids is 2. The SMILES string of the molecule is COc1ccc(N2CCN(C(=O)c3cccc4ncnn34)C(C)C2=O)cc1. The van der Waals surface area contributed by atoms with E-state index in [1.165, 1.54) is 10.8 Å². The van der Waals surface area contributed by atoms with Crippen LogP contribution in [-0.4, -0.2) is 57.6 Å². The summed E-state index contributed by atoms with van der Waals surface area (Å²) in [5.74, 6) is 0.376. The average molecular weight is 365 g/mol. The third-order valence-electron chi connectivity index (χ3n) is 4.82. The molecular formula is C19H19N5O3. The molecule has 138 valence electrons. The standard InChI is InChI=1S/C19H19N5O3/c1-13-18(25)23(14-6-8-15(27-2)9-7-14)11-10-22(13)19(26)16-4-3-5-17-20-12-21-24(16)17/h3-9,12-13H,10-11H2,1-2H3. The van der Waals surface area contributed by atoms with Crippen LogP contribution < -0.4 is 9.64 Å². The second-order valence-electron chi connectivity index (χ2n) is 6.30. The fraction of sp³-hybridized carbons (Fsp3) is 0.263. The van der Waals surface area contributed by atoms with Gasteiger partial charge in [0.05, 0.1) is 7.11 Å². The van der Waals surface area contributed by atoms with E-state index in [4.69, 9.17) is 4.74 Å². The first-order valence-electron chi connectivity index (χ1n) is 8.65. The van der Waals surface area contributed by atoms with Crippen molar-refractivity contribution in [1.29, 1.82) is 0 Å². The van der Waals surface area contributed by atoms with Gasteiger partial charge in [-0.05, 0) is 43.3 Å². The van der Waals surface area contributed by atoms with E-state index in [1.807, 2.05) is 24.3 Å². The van der Waals surface area contributed by atoms with Gasteiger partial charge in [0.25, 0.3) is 5.91 Å². The molecule has 3 aromatic rings. The van der Waals surface area contributed by atoms with E-state index < -0.39 is 6.04 Å². The van der Waals surface area contributed by atoms with Gasteiger partial charge in [-0.25, -0.2) is 9.50 Å². The van der Waals surface area contributed by atoms with Gasteiger partial charge in [-0.1, -0.05) is 6.07 Å². The van der Waals surface area contributed by atoms with Crippen LogP contribution in [0.5, 0.6) is 5.75 Å². The van der Waals surface area contributed by atoms with Crippen molar-refractivity contribution in [2.75, 3.05) is 25.1 Å². The summed E-state index contributed by atoms with van der Waals surface area (Å²) in [6.45, 7) is 2.61. The number of ether oxygens (including phenoxy) is 1. The molecule has 0 N–H and O–H groups in total. The van der Waals surface area contributed by atoms with Crippen LogP contribution in [0.15, 0.2) is 48.8 Å². The Kier molecular flexibility index (Phi) is 4.23. The number of hydrogen-bond donors (Lipinski definition) is 0. The second-order valence-corrected chi connectivity index (χ2v) is 6.30. The summed E-state index contributed by atoms with van der Waals surface area (Å²) in [7, 11) is 1.60. The van der Waals surface area contributed by atoms with Crippen LogP contribution in [0.3, 0.4) is 0 Å². The van der Waals surface area contributed by atoms with E-state index in [2.05, 4.69) is 10.1 Å². The van der Waals surface area contributed by atoms with Crippen LogP contribution in [0.2, 0.25) is 0 Å². The highest BCUT2D eigenvalue weighted by molar-refractivity contribution is 6.03. The molecule has 8 heteroatoms. The smallest absolute Gasteiger partial charge is 0.273 e. The molecule has 1 saturated heterocycles. The molecule has 0 radical (unpaired) electrons. The van der Waals surface area contributed by atoms with Crippen molar-refractivity contribution in [3.05, 3.63) is 54.5 Å². The van der Waals surface area contributed by atoms with E-state index in [1.54, 1.807) is 42.0 Å². The summed E-state index contributed by atoms with van der Waals surface area (Å²) in [5, 5.41) is 4.11. The zero-order valence-corrected chi connectivity index (χ0v) is 15.1. The molecule has 1 fully saturated rings. The van der Waals surface area contributed by atoms with Crippen molar-refractivity contribution in [3.63, 3.8) is 0 Å². The summed E-state index contributed by atoms with van der Waals surface area (Å²) in [6.07, 6.45) is 1.41. The van der Waals surface area contributed by atoms with E-state index in [-0.39, 0.29) is 11.8 Å². The Morgan fingerprint density at radius 1 is 1.15 bits per heavy atom. The molecule has 1 aromatic carbocycles. The normalized spacial score (nSPS) is 17.4. The monoisotopic (exact) mass is 365 g/mol. The molecule has 0 bridgehead atoms. The van der Waals surface area contributed by atoms with Crippen LogP contribution in [-0.2, 0) is 4.79 Å². The molecule has 2 amide bonds. The summed E-state index contributed by atoms with van der Waals surface area (Å²) in [4.78, 5) is 33.3. The lowest BCUT2D eigenvalue weighted by Gasteiger charge is -2.39. The Balaban J connectivity index is 1.57. The minimum absolute atomic E-state index is 0.120. The lowest BCUT2D eigenvalue weighted by molar-refractivity contribution is -0.124. The number of carbonyl (C=O) groups is 2. The number of nitrogens with zero attached hydrogens (tertiary/aromatic N) is 5. The lowest BCUT2D eigenvalue weighted by atomic mass is 10.1. The number of rotatable bonds is 3. The fourth-order valence-corrected chi connectivity index (χ4v) is 3.32. The molecule has 0 saturated carbocycles. The van der Waals surface area contributed by atoms with Gasteiger partial charge in [0, 0.05) is 18.8 Å². The number of anilines is 1. The molecule has 3 heterocycles. The summed E-state index contributed by atoms with van der Waals surface area (Å²) >= 11 is 0. The van der Waals surface area contributed by atoms with Gasteiger partial charge < -0.3 is 14.5 Å². The van der Waals surface area contributed by atoms with Gasteiger partial charge in [0.2, 0.25) is 5.91 Å². The molecule has 1 unspecified atom stereocenters. The third-order valence-corrected chi connectivity index (χ3v) is 4.82. The maximum atomic E-state index is 13.0. The van der Waals surface area contributed by atoms with Gasteiger partial charge in [-0.2, -0.15) is 5.10 Å². The largest absolute Gasteiger partial charge is 0.497 e. The van der Waals surface area contributed by atoms with Crippen LogP contribution in [0.1, 0.15) is 17.4 Å². The predicted molar refractivity (Wildman–Crippen MR) is 98.8 cm³/mol. The minimum Gasteiger partial charge on any atom is -0.497 e. The van der Waals surface area contributed by atoms with Gasteiger partial charge in [0.1, 0.15) is 23.8 Å². The van der Waals surface area contributed by atoms with Gasteiger partial charge in [0.15, 0.2) is 5.65 Å². The number of piperazine rings is 1. The summed E-state index contributed by atoms with van der Waals surface area (Å²) in [6, 6.07) is 12.0. The van der Waals surface area contributed by atoms with Gasteiger partial charge in [-0.15, -0.1) is 0 Å². The molecule has 1 aliphatic rings. The number of pyridine rings is 1. The molecule has 2 aromatic heterocycles. The predicted octanol–water partition coefficient (Wildman–Crippen LogP) is 1.62. The van der Waals surface area contributed by atoms with Gasteiger partial charge in [-0.3, -0.25) is 9.59 Å². The topological polar surface area (TPSA) is 80.0 Å². The maximum Gasteiger partial charge on any atom is 0.273 e. The number of hydrogen-bond acceptors (Lipinski definition) is 5. The molecule has 1 atom stereocenters. The van der Waals surface area contributed by atoms with Gasteiger partial charge >= 0.3 is 0 Å². The lowest BCUT2D eigenvalue weighted by Crippen LogP contribution is -2.58. The molecular weight excluding hydrogens is 346 g/mol. The quantitative estimate of drug-likeness (QED) is 0.705. The zero-order valence-electron chi connectivity index (χ0n) is 15.1. The van der Waals surface area contributed by atoms with Crippen molar-refractivity contribution in [3.8, 4) is 5.75 Å². The molecule has 0 spiro atoms. The van der Waals surface area contributed by atoms with E-state index >= 15 is 0 Å². The van der Waals surface area contributed by atoms with Crippen molar-refractivity contribution >= 4 is 23.1 Å². The van der Waals surface area contributed by atoms with Crippen molar-refractivity contribution in [1.82, 2.24) is 19.5 Å². The molecule has 4 rings (SSSR count). The number of aromatic nitrogens is 3. The number of amides is 2. The number of benzene rings is 1. The van der Waals surface area contributed by atoms with Crippen molar-refractivity contribution in [2.45, 2.75) is 13.0 Å². The minimum atomic E-state index is -0.577. The first-order chi connectivity index (χ1) is 13.1. The maximum absolute atomic E-state index is 13.0. The Bertz CT molecular complexity index is 998. The highest BCUT2D eigenvalue weighted by atomic mass is 16.5. The Hall–Kier alpha value is -3.42. The fourth-order valence-electron chi connectivity index (χ4n) is 3.32. The Morgan fingerprint density at radius 3 is 2.67 bits per heavy atom. The first kappa shape index (κ1) is 17.0. The van der Waals surface area contributed by atoms with E-state index in [9.17, 15) is 9.59 Å².